The molecule has 1 fully saturated rings. The van der Waals surface area contributed by atoms with E-state index in [9.17, 15) is 0 Å². The van der Waals surface area contributed by atoms with E-state index in [0.717, 1.165) is 0 Å². The average Bonchev–Trinajstić information content (AvgIpc) is 2.78. The van der Waals surface area contributed by atoms with Crippen molar-refractivity contribution in [2.75, 3.05) is 0 Å². The van der Waals surface area contributed by atoms with Crippen molar-refractivity contribution < 1.29 is 0 Å². The molecule has 17 heavy (non-hydrogen) atoms. The van der Waals surface area contributed by atoms with Crippen LogP contribution in [0.5, 0.6) is 0 Å². The molecule has 1 aromatic heterocycles. The van der Waals surface area contributed by atoms with Gasteiger partial charge in [-0.15, -0.1) is 11.3 Å². The summed E-state index contributed by atoms with van der Waals surface area (Å²) in [5, 5.41) is 2.24. The molecule has 2 heteroatoms. The van der Waals surface area contributed by atoms with Crippen LogP contribution < -0.4 is 5.73 Å². The molecule has 0 amide bonds. The monoisotopic (exact) mass is 251 g/mol. The van der Waals surface area contributed by atoms with E-state index in [2.05, 4.69) is 25.3 Å². The van der Waals surface area contributed by atoms with Gasteiger partial charge >= 0.3 is 0 Å². The first kappa shape index (κ1) is 13.1. The number of rotatable bonds is 4. The fourth-order valence-electron chi connectivity index (χ4n) is 3.12. The fraction of sp³-hybridized carbons (Fsp3) is 0.733. The van der Waals surface area contributed by atoms with Crippen LogP contribution in [-0.2, 0) is 6.42 Å². The first-order valence-corrected chi connectivity index (χ1v) is 7.90. The Hall–Kier alpha value is -0.340. The molecule has 0 aromatic carbocycles. The highest BCUT2D eigenvalue weighted by molar-refractivity contribution is 7.10. The Morgan fingerprint density at radius 3 is 2.71 bits per heavy atom. The lowest BCUT2D eigenvalue weighted by Gasteiger charge is -2.39. The molecule has 2 rings (SSSR count). The summed E-state index contributed by atoms with van der Waals surface area (Å²) in [7, 11) is 0. The van der Waals surface area contributed by atoms with Gasteiger partial charge in [0.15, 0.2) is 0 Å². The smallest absolute Gasteiger partial charge is 0.0221 e. The van der Waals surface area contributed by atoms with Gasteiger partial charge < -0.3 is 5.73 Å². The van der Waals surface area contributed by atoms with Gasteiger partial charge in [-0.2, -0.15) is 0 Å². The Morgan fingerprint density at radius 1 is 1.35 bits per heavy atom. The van der Waals surface area contributed by atoms with Gasteiger partial charge in [0.1, 0.15) is 0 Å². The zero-order chi connectivity index (χ0) is 12.3. The van der Waals surface area contributed by atoms with Crippen LogP contribution >= 0.6 is 11.3 Å². The van der Waals surface area contributed by atoms with Crippen molar-refractivity contribution in [1.82, 2.24) is 0 Å². The Morgan fingerprint density at radius 2 is 2.06 bits per heavy atom. The minimum absolute atomic E-state index is 0.0574. The zero-order valence-corrected chi connectivity index (χ0v) is 12.0. The van der Waals surface area contributed by atoms with Crippen LogP contribution in [0.15, 0.2) is 11.4 Å². The van der Waals surface area contributed by atoms with Crippen molar-refractivity contribution in [2.24, 2.45) is 5.73 Å². The Bertz CT molecular complexity index is 350. The lowest BCUT2D eigenvalue weighted by molar-refractivity contribution is 0.256. The minimum Gasteiger partial charge on any atom is -0.325 e. The van der Waals surface area contributed by atoms with E-state index in [1.807, 2.05) is 11.3 Å². The van der Waals surface area contributed by atoms with Gasteiger partial charge in [0, 0.05) is 16.3 Å². The summed E-state index contributed by atoms with van der Waals surface area (Å²) in [6, 6.07) is 2.31. The maximum Gasteiger partial charge on any atom is 0.0221 e. The van der Waals surface area contributed by atoms with Crippen molar-refractivity contribution in [1.29, 1.82) is 0 Å². The van der Waals surface area contributed by atoms with Crippen LogP contribution in [0.25, 0.3) is 0 Å². The quantitative estimate of drug-likeness (QED) is 0.839. The van der Waals surface area contributed by atoms with Crippen molar-refractivity contribution in [3.05, 3.63) is 21.9 Å². The molecular formula is C15H25NS. The fourth-order valence-corrected chi connectivity index (χ4v) is 4.20. The second-order valence-corrected chi connectivity index (χ2v) is 6.57. The first-order chi connectivity index (χ1) is 8.17. The number of aryl methyl sites for hydroxylation is 1. The topological polar surface area (TPSA) is 26.0 Å². The molecule has 0 saturated heterocycles. The van der Waals surface area contributed by atoms with Crippen LogP contribution in [0.3, 0.4) is 0 Å². The van der Waals surface area contributed by atoms with Gasteiger partial charge in [0.05, 0.1) is 0 Å². The summed E-state index contributed by atoms with van der Waals surface area (Å²) in [5.41, 5.74) is 8.25. The molecule has 1 saturated carbocycles. The van der Waals surface area contributed by atoms with E-state index in [0.29, 0.717) is 5.92 Å². The molecule has 1 atom stereocenters. The van der Waals surface area contributed by atoms with Gasteiger partial charge in [0.2, 0.25) is 0 Å². The molecule has 1 unspecified atom stereocenters. The Labute approximate surface area is 109 Å². The molecule has 0 aliphatic heterocycles. The summed E-state index contributed by atoms with van der Waals surface area (Å²) in [5.74, 6) is 0.524. The molecule has 1 aromatic rings. The molecule has 1 aliphatic rings. The van der Waals surface area contributed by atoms with Crippen LogP contribution in [0.2, 0.25) is 0 Å². The Balaban J connectivity index is 2.17. The predicted molar refractivity (Wildman–Crippen MR) is 76.7 cm³/mol. The van der Waals surface area contributed by atoms with Crippen molar-refractivity contribution in [2.45, 2.75) is 70.3 Å². The molecule has 1 heterocycles. The van der Waals surface area contributed by atoms with E-state index in [-0.39, 0.29) is 5.54 Å². The molecular weight excluding hydrogens is 226 g/mol. The van der Waals surface area contributed by atoms with Crippen molar-refractivity contribution >= 4 is 11.3 Å². The van der Waals surface area contributed by atoms with Gasteiger partial charge in [-0.3, -0.25) is 0 Å². The minimum atomic E-state index is 0.0574. The average molecular weight is 251 g/mol. The molecule has 0 radical (unpaired) electrons. The zero-order valence-electron chi connectivity index (χ0n) is 11.2. The van der Waals surface area contributed by atoms with Crippen LogP contribution in [0, 0.1) is 0 Å². The highest BCUT2D eigenvalue weighted by atomic mass is 32.1. The van der Waals surface area contributed by atoms with E-state index in [4.69, 9.17) is 5.73 Å². The largest absolute Gasteiger partial charge is 0.325 e. The SMILES string of the molecule is CCCc1sccc1C(C)C1(N)CCCCC1. The molecule has 96 valence electrons. The highest BCUT2D eigenvalue weighted by Crippen LogP contribution is 2.40. The second kappa shape index (κ2) is 5.53. The van der Waals surface area contributed by atoms with E-state index in [1.165, 1.54) is 50.5 Å². The summed E-state index contributed by atoms with van der Waals surface area (Å²) in [4.78, 5) is 1.57. The maximum atomic E-state index is 6.66. The molecule has 1 nitrogen and oxygen atoms in total. The second-order valence-electron chi connectivity index (χ2n) is 5.56. The summed E-state index contributed by atoms with van der Waals surface area (Å²) in [6.45, 7) is 4.60. The number of thiophene rings is 1. The lowest BCUT2D eigenvalue weighted by Crippen LogP contribution is -2.46. The molecule has 0 bridgehead atoms. The first-order valence-electron chi connectivity index (χ1n) is 7.02. The highest BCUT2D eigenvalue weighted by Gasteiger charge is 2.35. The van der Waals surface area contributed by atoms with Crippen LogP contribution in [0.1, 0.15) is 68.7 Å². The molecule has 0 spiro atoms. The molecule has 1 aliphatic carbocycles. The standard InChI is InChI=1S/C15H25NS/c1-3-7-14-13(8-11-17-14)12(2)15(16)9-5-4-6-10-15/h8,11-12H,3-7,9-10,16H2,1-2H3. The normalized spacial score (nSPS) is 21.4. The maximum absolute atomic E-state index is 6.66. The van der Waals surface area contributed by atoms with E-state index in [1.54, 1.807) is 4.88 Å². The summed E-state index contributed by atoms with van der Waals surface area (Å²) in [6.07, 6.45) is 8.86. The number of nitrogens with two attached hydrogens (primary N) is 1. The van der Waals surface area contributed by atoms with Crippen LogP contribution in [-0.4, -0.2) is 5.54 Å². The van der Waals surface area contributed by atoms with Gasteiger partial charge in [-0.05, 0) is 36.3 Å². The third kappa shape index (κ3) is 2.74. The van der Waals surface area contributed by atoms with Crippen molar-refractivity contribution in [3.63, 3.8) is 0 Å². The van der Waals surface area contributed by atoms with Crippen molar-refractivity contribution in [3.8, 4) is 0 Å². The van der Waals surface area contributed by atoms with E-state index >= 15 is 0 Å². The summed E-state index contributed by atoms with van der Waals surface area (Å²) >= 11 is 1.91. The lowest BCUT2D eigenvalue weighted by atomic mass is 9.71. The van der Waals surface area contributed by atoms with Gasteiger partial charge in [-0.1, -0.05) is 39.5 Å². The summed E-state index contributed by atoms with van der Waals surface area (Å²) < 4.78 is 0. The Kier molecular flexibility index (Phi) is 4.26. The van der Waals surface area contributed by atoms with Crippen LogP contribution in [0.4, 0.5) is 0 Å². The number of hydrogen-bond donors (Lipinski definition) is 1. The third-order valence-corrected chi connectivity index (χ3v) is 5.37. The number of hydrogen-bond acceptors (Lipinski definition) is 2. The van der Waals surface area contributed by atoms with E-state index < -0.39 is 0 Å². The third-order valence-electron chi connectivity index (χ3n) is 4.37. The predicted octanol–water partition coefficient (Wildman–Crippen LogP) is 4.47. The van der Waals surface area contributed by atoms with Gasteiger partial charge in [-0.25, -0.2) is 0 Å². The van der Waals surface area contributed by atoms with Gasteiger partial charge in [0.25, 0.3) is 0 Å². The molecule has 2 N–H and O–H groups in total.